The second-order valence-corrected chi connectivity index (χ2v) is 5.81. The monoisotopic (exact) mass is 264 g/mol. The zero-order valence-corrected chi connectivity index (χ0v) is 12.4. The molecular formula is C16H25FN2. The van der Waals surface area contributed by atoms with Gasteiger partial charge in [0.05, 0.1) is 0 Å². The van der Waals surface area contributed by atoms with Crippen LogP contribution in [0.15, 0.2) is 18.2 Å². The molecule has 1 aliphatic rings. The van der Waals surface area contributed by atoms with E-state index >= 15 is 0 Å². The Morgan fingerprint density at radius 2 is 1.95 bits per heavy atom. The van der Waals surface area contributed by atoms with Crippen molar-refractivity contribution in [2.24, 2.45) is 11.8 Å². The van der Waals surface area contributed by atoms with Crippen LogP contribution in [0.5, 0.6) is 0 Å². The minimum absolute atomic E-state index is 0.0485. The predicted octanol–water partition coefficient (Wildman–Crippen LogP) is 3.59. The van der Waals surface area contributed by atoms with Gasteiger partial charge in [-0.25, -0.2) is 4.39 Å². The van der Waals surface area contributed by atoms with E-state index in [-0.39, 0.29) is 11.9 Å². The first kappa shape index (κ1) is 14.3. The van der Waals surface area contributed by atoms with E-state index in [9.17, 15) is 4.39 Å². The van der Waals surface area contributed by atoms with Crippen molar-refractivity contribution in [2.45, 2.75) is 33.7 Å². The summed E-state index contributed by atoms with van der Waals surface area (Å²) in [6.07, 6.45) is 0. The third-order valence-corrected chi connectivity index (χ3v) is 4.30. The van der Waals surface area contributed by atoms with E-state index in [4.69, 9.17) is 0 Å². The second-order valence-electron chi connectivity index (χ2n) is 5.81. The van der Waals surface area contributed by atoms with Gasteiger partial charge < -0.3 is 10.2 Å². The van der Waals surface area contributed by atoms with Gasteiger partial charge in [-0.15, -0.1) is 0 Å². The summed E-state index contributed by atoms with van der Waals surface area (Å²) in [6.45, 7) is 11.5. The van der Waals surface area contributed by atoms with E-state index in [2.05, 4.69) is 37.1 Å². The fourth-order valence-electron chi connectivity index (χ4n) is 2.96. The number of anilines is 1. The van der Waals surface area contributed by atoms with Crippen LogP contribution >= 0.6 is 0 Å². The van der Waals surface area contributed by atoms with Gasteiger partial charge >= 0.3 is 0 Å². The summed E-state index contributed by atoms with van der Waals surface area (Å²) in [5.41, 5.74) is 1.87. The molecule has 0 saturated carbocycles. The lowest BCUT2D eigenvalue weighted by molar-refractivity contribution is 0.494. The van der Waals surface area contributed by atoms with Crippen molar-refractivity contribution in [3.8, 4) is 0 Å². The number of halogens is 1. The average Bonchev–Trinajstić information content (AvgIpc) is 2.69. The number of hydrogen-bond acceptors (Lipinski definition) is 2. The van der Waals surface area contributed by atoms with E-state index in [1.807, 2.05) is 13.0 Å². The van der Waals surface area contributed by atoms with E-state index < -0.39 is 0 Å². The first-order valence-corrected chi connectivity index (χ1v) is 7.31. The molecule has 19 heavy (non-hydrogen) atoms. The number of benzene rings is 1. The lowest BCUT2D eigenvalue weighted by atomic mass is 10.0. The smallest absolute Gasteiger partial charge is 0.130 e. The van der Waals surface area contributed by atoms with Gasteiger partial charge in [-0.3, -0.25) is 0 Å². The van der Waals surface area contributed by atoms with Crippen LogP contribution in [0.1, 0.15) is 39.3 Å². The highest BCUT2D eigenvalue weighted by atomic mass is 19.1. The first-order valence-electron chi connectivity index (χ1n) is 7.31. The minimum atomic E-state index is -0.0989. The highest BCUT2D eigenvalue weighted by Gasteiger charge is 2.29. The topological polar surface area (TPSA) is 15.3 Å². The molecule has 1 aromatic rings. The average molecular weight is 264 g/mol. The van der Waals surface area contributed by atoms with Crippen LogP contribution in [0.3, 0.4) is 0 Å². The van der Waals surface area contributed by atoms with E-state index in [0.29, 0.717) is 11.8 Å². The van der Waals surface area contributed by atoms with Crippen LogP contribution in [0.2, 0.25) is 0 Å². The largest absolute Gasteiger partial charge is 0.371 e. The lowest BCUT2D eigenvalue weighted by Gasteiger charge is -2.25. The quantitative estimate of drug-likeness (QED) is 0.894. The van der Waals surface area contributed by atoms with Gasteiger partial charge in [0.2, 0.25) is 0 Å². The standard InChI is InChI=1S/C16H25FN2/c1-5-18-13(4)16-14(17)7-6-8-15(16)19-9-11(2)12(3)10-19/h6-8,11-13,18H,5,9-10H2,1-4H3. The van der Waals surface area contributed by atoms with Crippen molar-refractivity contribution in [3.05, 3.63) is 29.6 Å². The Morgan fingerprint density at radius 1 is 1.32 bits per heavy atom. The molecule has 2 rings (SSSR count). The third kappa shape index (κ3) is 2.92. The molecule has 1 saturated heterocycles. The molecule has 0 amide bonds. The summed E-state index contributed by atoms with van der Waals surface area (Å²) in [7, 11) is 0. The van der Waals surface area contributed by atoms with Crippen LogP contribution in [-0.2, 0) is 0 Å². The molecule has 0 aliphatic carbocycles. The molecule has 106 valence electrons. The van der Waals surface area contributed by atoms with Gasteiger partial charge in [0.25, 0.3) is 0 Å². The van der Waals surface area contributed by atoms with Crippen molar-refractivity contribution < 1.29 is 4.39 Å². The second kappa shape index (κ2) is 5.91. The normalized spacial score (nSPS) is 24.8. The molecule has 3 heteroatoms. The Bertz CT molecular complexity index is 423. The molecular weight excluding hydrogens is 239 g/mol. The summed E-state index contributed by atoms with van der Waals surface area (Å²) in [4.78, 5) is 2.33. The first-order chi connectivity index (χ1) is 9.04. The summed E-state index contributed by atoms with van der Waals surface area (Å²) >= 11 is 0. The van der Waals surface area contributed by atoms with Crippen LogP contribution in [-0.4, -0.2) is 19.6 Å². The molecule has 1 aliphatic heterocycles. The summed E-state index contributed by atoms with van der Waals surface area (Å²) in [6, 6.07) is 5.49. The molecule has 1 fully saturated rings. The maximum Gasteiger partial charge on any atom is 0.130 e. The van der Waals surface area contributed by atoms with Gasteiger partial charge in [-0.2, -0.15) is 0 Å². The van der Waals surface area contributed by atoms with Crippen molar-refractivity contribution in [1.29, 1.82) is 0 Å². The van der Waals surface area contributed by atoms with Crippen LogP contribution in [0.4, 0.5) is 10.1 Å². The summed E-state index contributed by atoms with van der Waals surface area (Å²) in [5, 5.41) is 3.32. The fraction of sp³-hybridized carbons (Fsp3) is 0.625. The van der Waals surface area contributed by atoms with E-state index in [1.54, 1.807) is 6.07 Å². The van der Waals surface area contributed by atoms with Crippen molar-refractivity contribution in [3.63, 3.8) is 0 Å². The van der Waals surface area contributed by atoms with Gasteiger partial charge in [0.15, 0.2) is 0 Å². The minimum Gasteiger partial charge on any atom is -0.371 e. The fourth-order valence-corrected chi connectivity index (χ4v) is 2.96. The zero-order valence-electron chi connectivity index (χ0n) is 12.4. The molecule has 0 bridgehead atoms. The van der Waals surface area contributed by atoms with E-state index in [1.165, 1.54) is 0 Å². The maximum atomic E-state index is 14.2. The zero-order chi connectivity index (χ0) is 14.0. The molecule has 3 unspecified atom stereocenters. The molecule has 0 radical (unpaired) electrons. The molecule has 1 N–H and O–H groups in total. The highest BCUT2D eigenvalue weighted by molar-refractivity contribution is 5.56. The molecule has 0 aromatic heterocycles. The lowest BCUT2D eigenvalue weighted by Crippen LogP contribution is -2.26. The Kier molecular flexibility index (Phi) is 4.46. The number of nitrogens with zero attached hydrogens (tertiary/aromatic N) is 1. The Hall–Kier alpha value is -1.09. The Morgan fingerprint density at radius 3 is 2.53 bits per heavy atom. The molecule has 0 spiro atoms. The maximum absolute atomic E-state index is 14.2. The van der Waals surface area contributed by atoms with Crippen molar-refractivity contribution in [1.82, 2.24) is 5.32 Å². The molecule has 1 aromatic carbocycles. The number of hydrogen-bond donors (Lipinski definition) is 1. The number of nitrogens with one attached hydrogen (secondary N) is 1. The van der Waals surface area contributed by atoms with Gasteiger partial charge in [-0.05, 0) is 37.4 Å². The summed E-state index contributed by atoms with van der Waals surface area (Å²) in [5.74, 6) is 1.24. The van der Waals surface area contributed by atoms with Gasteiger partial charge in [-0.1, -0.05) is 26.8 Å². The molecule has 2 nitrogen and oxygen atoms in total. The predicted molar refractivity (Wildman–Crippen MR) is 79.0 cm³/mol. The Balaban J connectivity index is 2.32. The molecule has 3 atom stereocenters. The third-order valence-electron chi connectivity index (χ3n) is 4.30. The van der Waals surface area contributed by atoms with Crippen molar-refractivity contribution in [2.75, 3.05) is 24.5 Å². The van der Waals surface area contributed by atoms with Gasteiger partial charge in [0.1, 0.15) is 5.82 Å². The highest BCUT2D eigenvalue weighted by Crippen LogP contribution is 2.34. The SMILES string of the molecule is CCNC(C)c1c(F)cccc1N1CC(C)C(C)C1. The molecule has 1 heterocycles. The van der Waals surface area contributed by atoms with Crippen LogP contribution in [0, 0.1) is 17.7 Å². The summed E-state index contributed by atoms with van der Waals surface area (Å²) < 4.78 is 14.2. The Labute approximate surface area is 116 Å². The van der Waals surface area contributed by atoms with Crippen LogP contribution in [0.25, 0.3) is 0 Å². The van der Waals surface area contributed by atoms with Gasteiger partial charge in [0, 0.05) is 30.4 Å². The number of rotatable bonds is 4. The van der Waals surface area contributed by atoms with Crippen LogP contribution < -0.4 is 10.2 Å². The van der Waals surface area contributed by atoms with Crippen molar-refractivity contribution >= 4 is 5.69 Å². The van der Waals surface area contributed by atoms with E-state index in [0.717, 1.165) is 30.9 Å².